The SMILES string of the molecule is C=C(CCCNC(=O)NCCC)C(=O)O.C=C(CCCNC(=O)Nc1ccccc1)C(=O)O. The molecule has 0 fully saturated rings. The normalized spacial score (nSPS) is 9.48. The summed E-state index contributed by atoms with van der Waals surface area (Å²) in [7, 11) is 0. The summed E-state index contributed by atoms with van der Waals surface area (Å²) in [6.45, 7) is 10.3. The molecule has 6 N–H and O–H groups in total. The van der Waals surface area contributed by atoms with Crippen LogP contribution in [-0.4, -0.2) is 53.8 Å². The maximum Gasteiger partial charge on any atom is 0.330 e. The van der Waals surface area contributed by atoms with Crippen LogP contribution in [0.1, 0.15) is 39.0 Å². The van der Waals surface area contributed by atoms with Gasteiger partial charge in [-0.3, -0.25) is 0 Å². The van der Waals surface area contributed by atoms with Crippen LogP contribution >= 0.6 is 0 Å². The highest BCUT2D eigenvalue weighted by molar-refractivity contribution is 5.89. The van der Waals surface area contributed by atoms with E-state index >= 15 is 0 Å². The van der Waals surface area contributed by atoms with Crippen LogP contribution in [0.3, 0.4) is 0 Å². The highest BCUT2D eigenvalue weighted by atomic mass is 16.4. The molecule has 0 aliphatic rings. The number of aliphatic carboxylic acids is 2. The monoisotopic (exact) mass is 462 g/mol. The zero-order valence-corrected chi connectivity index (χ0v) is 19.0. The summed E-state index contributed by atoms with van der Waals surface area (Å²) in [6, 6.07) is 8.57. The van der Waals surface area contributed by atoms with E-state index in [0.29, 0.717) is 51.0 Å². The Labute approximate surface area is 194 Å². The van der Waals surface area contributed by atoms with Gasteiger partial charge in [0.2, 0.25) is 0 Å². The van der Waals surface area contributed by atoms with Gasteiger partial charge < -0.3 is 31.5 Å². The van der Waals surface area contributed by atoms with E-state index in [9.17, 15) is 19.2 Å². The molecule has 1 aromatic rings. The van der Waals surface area contributed by atoms with Crippen molar-refractivity contribution in [2.24, 2.45) is 0 Å². The van der Waals surface area contributed by atoms with Gasteiger partial charge in [-0.2, -0.15) is 0 Å². The average Bonchev–Trinajstić information content (AvgIpc) is 2.78. The Morgan fingerprint density at radius 3 is 1.67 bits per heavy atom. The first-order valence-electron chi connectivity index (χ1n) is 10.6. The van der Waals surface area contributed by atoms with Crippen LogP contribution in [0.15, 0.2) is 54.6 Å². The van der Waals surface area contributed by atoms with Crippen molar-refractivity contribution >= 4 is 29.7 Å². The number of rotatable bonds is 13. The van der Waals surface area contributed by atoms with E-state index < -0.39 is 11.9 Å². The number of benzene rings is 1. The fourth-order valence-electron chi connectivity index (χ4n) is 2.22. The van der Waals surface area contributed by atoms with Crippen LogP contribution in [0.5, 0.6) is 0 Å². The highest BCUT2D eigenvalue weighted by Crippen LogP contribution is 2.05. The van der Waals surface area contributed by atoms with E-state index in [1.165, 1.54) is 0 Å². The number of para-hydroxylation sites is 1. The number of carbonyl (C=O) groups is 4. The summed E-state index contributed by atoms with van der Waals surface area (Å²) < 4.78 is 0. The average molecular weight is 463 g/mol. The van der Waals surface area contributed by atoms with E-state index in [-0.39, 0.29) is 23.2 Å². The second-order valence-corrected chi connectivity index (χ2v) is 6.95. The third kappa shape index (κ3) is 16.5. The lowest BCUT2D eigenvalue weighted by atomic mass is 10.2. The Balaban J connectivity index is 0.000000633. The summed E-state index contributed by atoms with van der Waals surface area (Å²) in [5.74, 6) is -1.98. The molecular formula is C23H34N4O6. The number of urea groups is 2. The van der Waals surface area contributed by atoms with Crippen LogP contribution in [0.2, 0.25) is 0 Å². The summed E-state index contributed by atoms with van der Waals surface area (Å²) in [6.07, 6.45) is 2.78. The minimum atomic E-state index is -0.997. The highest BCUT2D eigenvalue weighted by Gasteiger charge is 2.05. The maximum atomic E-state index is 11.4. The number of carboxylic acids is 2. The molecule has 0 saturated heterocycles. The molecule has 10 heteroatoms. The molecule has 0 spiro atoms. The molecule has 0 atom stereocenters. The predicted molar refractivity (Wildman–Crippen MR) is 127 cm³/mol. The second kappa shape index (κ2) is 17.8. The molecular weight excluding hydrogens is 428 g/mol. The minimum absolute atomic E-state index is 0.153. The van der Waals surface area contributed by atoms with Crippen LogP contribution in [-0.2, 0) is 9.59 Å². The van der Waals surface area contributed by atoms with Gasteiger partial charge in [-0.1, -0.05) is 38.3 Å². The molecule has 10 nitrogen and oxygen atoms in total. The Hall–Kier alpha value is -3.82. The Kier molecular flexibility index (Phi) is 15.8. The van der Waals surface area contributed by atoms with Gasteiger partial charge in [-0.25, -0.2) is 19.2 Å². The number of carbonyl (C=O) groups excluding carboxylic acids is 2. The van der Waals surface area contributed by atoms with E-state index in [1.54, 1.807) is 12.1 Å². The van der Waals surface area contributed by atoms with Crippen LogP contribution in [0.25, 0.3) is 0 Å². The predicted octanol–water partition coefficient (Wildman–Crippen LogP) is 3.35. The maximum absolute atomic E-state index is 11.4. The quantitative estimate of drug-likeness (QED) is 0.195. The van der Waals surface area contributed by atoms with Crippen LogP contribution in [0.4, 0.5) is 15.3 Å². The molecule has 0 unspecified atom stereocenters. The lowest BCUT2D eigenvalue weighted by molar-refractivity contribution is -0.133. The van der Waals surface area contributed by atoms with E-state index in [2.05, 4.69) is 34.4 Å². The van der Waals surface area contributed by atoms with Crippen molar-refractivity contribution in [1.29, 1.82) is 0 Å². The van der Waals surface area contributed by atoms with Crippen molar-refractivity contribution < 1.29 is 29.4 Å². The van der Waals surface area contributed by atoms with Crippen LogP contribution < -0.4 is 21.3 Å². The van der Waals surface area contributed by atoms with Crippen molar-refractivity contribution in [2.45, 2.75) is 39.0 Å². The number of amides is 4. The summed E-state index contributed by atoms with van der Waals surface area (Å²) in [5.41, 5.74) is 1.04. The number of hydrogen-bond acceptors (Lipinski definition) is 4. The lowest BCUT2D eigenvalue weighted by Gasteiger charge is -2.07. The molecule has 0 saturated carbocycles. The summed E-state index contributed by atoms with van der Waals surface area (Å²) >= 11 is 0. The molecule has 4 amide bonds. The lowest BCUT2D eigenvalue weighted by Crippen LogP contribution is -2.36. The molecule has 0 bridgehead atoms. The third-order valence-electron chi connectivity index (χ3n) is 4.05. The topological polar surface area (TPSA) is 157 Å². The van der Waals surface area contributed by atoms with Gasteiger partial charge in [0.15, 0.2) is 0 Å². The van der Waals surface area contributed by atoms with Gasteiger partial charge in [0.1, 0.15) is 0 Å². The molecule has 1 aromatic carbocycles. The van der Waals surface area contributed by atoms with Crippen molar-refractivity contribution in [3.63, 3.8) is 0 Å². The molecule has 182 valence electrons. The first kappa shape index (κ1) is 29.2. The smallest absolute Gasteiger partial charge is 0.330 e. The summed E-state index contributed by atoms with van der Waals surface area (Å²) in [4.78, 5) is 43.3. The first-order valence-corrected chi connectivity index (χ1v) is 10.6. The van der Waals surface area contributed by atoms with Gasteiger partial charge in [0, 0.05) is 36.5 Å². The van der Waals surface area contributed by atoms with Crippen LogP contribution in [0, 0.1) is 0 Å². The third-order valence-corrected chi connectivity index (χ3v) is 4.05. The molecule has 0 aromatic heterocycles. The Bertz CT molecular complexity index is 795. The largest absolute Gasteiger partial charge is 0.478 e. The van der Waals surface area contributed by atoms with Gasteiger partial charge in [-0.05, 0) is 44.2 Å². The van der Waals surface area contributed by atoms with Gasteiger partial charge in [0.25, 0.3) is 0 Å². The standard InChI is InChI=1S/C13H16N2O3.C10H18N2O3/c1-10(12(16)17)6-5-9-14-13(18)15-11-7-3-2-4-8-11;1-3-6-11-10(15)12-7-4-5-8(2)9(13)14/h2-4,7-8H,1,5-6,9H2,(H,16,17)(H2,14,15,18);2-7H2,1H3,(H,13,14)(H2,11,12,15). The van der Waals surface area contributed by atoms with Gasteiger partial charge in [-0.15, -0.1) is 0 Å². The zero-order valence-electron chi connectivity index (χ0n) is 19.0. The van der Waals surface area contributed by atoms with Crippen molar-refractivity contribution in [1.82, 2.24) is 16.0 Å². The number of hydrogen-bond donors (Lipinski definition) is 6. The molecule has 0 aliphatic heterocycles. The number of nitrogens with one attached hydrogen (secondary N) is 4. The molecule has 0 aliphatic carbocycles. The minimum Gasteiger partial charge on any atom is -0.478 e. The molecule has 0 heterocycles. The van der Waals surface area contributed by atoms with Gasteiger partial charge >= 0.3 is 24.0 Å². The summed E-state index contributed by atoms with van der Waals surface area (Å²) in [5, 5.41) is 27.7. The van der Waals surface area contributed by atoms with Crippen molar-refractivity contribution in [2.75, 3.05) is 25.0 Å². The number of carboxylic acid groups (broad SMARTS) is 2. The fourth-order valence-corrected chi connectivity index (χ4v) is 2.22. The van der Waals surface area contributed by atoms with Crippen molar-refractivity contribution in [3.05, 3.63) is 54.6 Å². The van der Waals surface area contributed by atoms with E-state index in [0.717, 1.165) is 6.42 Å². The fraction of sp³-hybridized carbons (Fsp3) is 0.391. The number of anilines is 1. The Morgan fingerprint density at radius 2 is 1.21 bits per heavy atom. The van der Waals surface area contributed by atoms with E-state index in [4.69, 9.17) is 10.2 Å². The zero-order chi connectivity index (χ0) is 25.1. The Morgan fingerprint density at radius 1 is 0.758 bits per heavy atom. The molecule has 33 heavy (non-hydrogen) atoms. The van der Waals surface area contributed by atoms with E-state index in [1.807, 2.05) is 25.1 Å². The molecule has 0 radical (unpaired) electrons. The van der Waals surface area contributed by atoms with Crippen molar-refractivity contribution in [3.8, 4) is 0 Å². The molecule has 1 rings (SSSR count). The van der Waals surface area contributed by atoms with Gasteiger partial charge in [0.05, 0.1) is 0 Å². The second-order valence-electron chi connectivity index (χ2n) is 6.95. The first-order chi connectivity index (χ1) is 15.7.